The molecular formula is C27H29BrN2O4. The summed E-state index contributed by atoms with van der Waals surface area (Å²) in [5.41, 5.74) is 5.10. The Balaban J connectivity index is 1.54. The lowest BCUT2D eigenvalue weighted by Crippen LogP contribution is -2.17. The van der Waals surface area contributed by atoms with Crippen molar-refractivity contribution in [3.8, 4) is 17.2 Å². The second-order valence-electron chi connectivity index (χ2n) is 7.67. The van der Waals surface area contributed by atoms with Gasteiger partial charge in [-0.05, 0) is 75.8 Å². The monoisotopic (exact) mass is 524 g/mol. The molecule has 1 amide bonds. The lowest BCUT2D eigenvalue weighted by Gasteiger charge is -2.14. The van der Waals surface area contributed by atoms with Crippen LogP contribution in [0.25, 0.3) is 0 Å². The van der Waals surface area contributed by atoms with Gasteiger partial charge in [0.15, 0.2) is 11.5 Å². The number of rotatable bonds is 11. The predicted octanol–water partition coefficient (Wildman–Crippen LogP) is 6.19. The highest BCUT2D eigenvalue weighted by molar-refractivity contribution is 9.10. The molecule has 0 aliphatic carbocycles. The Labute approximate surface area is 209 Å². The molecule has 0 fully saturated rings. The minimum Gasteiger partial charge on any atom is -0.493 e. The zero-order chi connectivity index (χ0) is 24.3. The third-order valence-electron chi connectivity index (χ3n) is 5.33. The number of amides is 1. The van der Waals surface area contributed by atoms with Gasteiger partial charge in [0.2, 0.25) is 0 Å². The third-order valence-corrected chi connectivity index (χ3v) is 5.92. The molecule has 0 unspecified atom stereocenters. The summed E-state index contributed by atoms with van der Waals surface area (Å²) in [6, 6.07) is 20.7. The van der Waals surface area contributed by atoms with Crippen LogP contribution in [0.2, 0.25) is 0 Å². The van der Waals surface area contributed by atoms with Crippen molar-refractivity contribution in [1.82, 2.24) is 5.43 Å². The molecule has 0 aliphatic rings. The summed E-state index contributed by atoms with van der Waals surface area (Å²) in [6.07, 6.45) is 2.65. The van der Waals surface area contributed by atoms with Gasteiger partial charge in [-0.2, -0.15) is 5.10 Å². The first kappa shape index (κ1) is 25.3. The van der Waals surface area contributed by atoms with Crippen LogP contribution < -0.4 is 19.6 Å². The van der Waals surface area contributed by atoms with Crippen molar-refractivity contribution < 1.29 is 19.0 Å². The van der Waals surface area contributed by atoms with E-state index in [0.717, 1.165) is 17.7 Å². The first-order valence-electron chi connectivity index (χ1n) is 11.1. The Hall–Kier alpha value is -3.32. The number of carbonyl (C=O) groups excluding carboxylic acids is 1. The SMILES string of the molecule is CC[C@H](C)c1ccc(OCCOc2c(Br)cc(/C=N\NC(=O)c3ccccc3)cc2OC)cc1. The molecule has 0 aromatic heterocycles. The van der Waals surface area contributed by atoms with E-state index in [1.807, 2.05) is 24.3 Å². The number of nitrogens with one attached hydrogen (secondary N) is 1. The van der Waals surface area contributed by atoms with Crippen LogP contribution in [-0.4, -0.2) is 32.4 Å². The molecule has 34 heavy (non-hydrogen) atoms. The molecule has 178 valence electrons. The second-order valence-corrected chi connectivity index (χ2v) is 8.53. The fraction of sp³-hybridized carbons (Fsp3) is 0.259. The summed E-state index contributed by atoms with van der Waals surface area (Å²) in [7, 11) is 1.57. The molecule has 3 aromatic carbocycles. The molecule has 6 nitrogen and oxygen atoms in total. The fourth-order valence-corrected chi connectivity index (χ4v) is 3.78. The Morgan fingerprint density at radius 2 is 1.76 bits per heavy atom. The van der Waals surface area contributed by atoms with Crippen LogP contribution in [0.5, 0.6) is 17.2 Å². The normalized spacial score (nSPS) is 11.8. The maximum Gasteiger partial charge on any atom is 0.271 e. The number of methoxy groups -OCH3 is 1. The van der Waals surface area contributed by atoms with Gasteiger partial charge in [-0.25, -0.2) is 5.43 Å². The molecule has 0 spiro atoms. The second kappa shape index (κ2) is 12.8. The number of hydrazone groups is 1. The average Bonchev–Trinajstić information content (AvgIpc) is 2.87. The number of carbonyl (C=O) groups is 1. The third kappa shape index (κ3) is 7.09. The van der Waals surface area contributed by atoms with Crippen molar-refractivity contribution in [3.63, 3.8) is 0 Å². The molecule has 1 N–H and O–H groups in total. The number of hydrogen-bond donors (Lipinski definition) is 1. The Kier molecular flexibility index (Phi) is 9.52. The summed E-state index contributed by atoms with van der Waals surface area (Å²) in [5.74, 6) is 2.19. The number of halogens is 1. The van der Waals surface area contributed by atoms with Crippen LogP contribution >= 0.6 is 15.9 Å². The molecule has 1 atom stereocenters. The van der Waals surface area contributed by atoms with Crippen molar-refractivity contribution in [2.24, 2.45) is 5.10 Å². The van der Waals surface area contributed by atoms with Crippen molar-refractivity contribution in [3.05, 3.63) is 87.9 Å². The first-order valence-corrected chi connectivity index (χ1v) is 11.9. The average molecular weight is 525 g/mol. The van der Waals surface area contributed by atoms with Crippen LogP contribution in [0.1, 0.15) is 47.7 Å². The Morgan fingerprint density at radius 1 is 1.06 bits per heavy atom. The largest absolute Gasteiger partial charge is 0.493 e. The van der Waals surface area contributed by atoms with Gasteiger partial charge in [-0.1, -0.05) is 44.2 Å². The van der Waals surface area contributed by atoms with Crippen LogP contribution in [0.3, 0.4) is 0 Å². The van der Waals surface area contributed by atoms with Crippen molar-refractivity contribution in [1.29, 1.82) is 0 Å². The Morgan fingerprint density at radius 3 is 2.44 bits per heavy atom. The lowest BCUT2D eigenvalue weighted by molar-refractivity contribution is 0.0955. The highest BCUT2D eigenvalue weighted by Crippen LogP contribution is 2.36. The lowest BCUT2D eigenvalue weighted by atomic mass is 9.99. The molecule has 0 bridgehead atoms. The Bertz CT molecular complexity index is 1100. The maximum atomic E-state index is 12.1. The standard InChI is InChI=1S/C27H29BrN2O4/c1-4-19(2)21-10-12-23(13-11-21)33-14-15-34-26-24(28)16-20(17-25(26)32-3)18-29-30-27(31)22-8-6-5-7-9-22/h5-13,16-19H,4,14-15H2,1-3H3,(H,30,31)/b29-18-/t19-/m0/s1. The van der Waals surface area contributed by atoms with Gasteiger partial charge in [0, 0.05) is 5.56 Å². The van der Waals surface area contributed by atoms with Gasteiger partial charge >= 0.3 is 0 Å². The highest BCUT2D eigenvalue weighted by Gasteiger charge is 2.12. The molecule has 7 heteroatoms. The molecule has 3 aromatic rings. The molecule has 0 saturated carbocycles. The summed E-state index contributed by atoms with van der Waals surface area (Å²) in [6.45, 7) is 5.14. The van der Waals surface area contributed by atoms with E-state index in [1.165, 1.54) is 5.56 Å². The zero-order valence-electron chi connectivity index (χ0n) is 19.6. The molecule has 3 rings (SSSR count). The predicted molar refractivity (Wildman–Crippen MR) is 138 cm³/mol. The van der Waals surface area contributed by atoms with E-state index < -0.39 is 0 Å². The van der Waals surface area contributed by atoms with Crippen LogP contribution in [0, 0.1) is 0 Å². The smallest absolute Gasteiger partial charge is 0.271 e. The molecule has 0 heterocycles. The highest BCUT2D eigenvalue weighted by atomic mass is 79.9. The molecule has 0 saturated heterocycles. The number of benzene rings is 3. The van der Waals surface area contributed by atoms with Gasteiger partial charge < -0.3 is 14.2 Å². The van der Waals surface area contributed by atoms with Gasteiger partial charge in [-0.15, -0.1) is 0 Å². The quantitative estimate of drug-likeness (QED) is 0.184. The van der Waals surface area contributed by atoms with Crippen molar-refractivity contribution in [2.45, 2.75) is 26.2 Å². The van der Waals surface area contributed by atoms with Gasteiger partial charge in [0.1, 0.15) is 19.0 Å². The van der Waals surface area contributed by atoms with E-state index in [0.29, 0.717) is 40.7 Å². The van der Waals surface area contributed by atoms with E-state index in [4.69, 9.17) is 14.2 Å². The number of ether oxygens (including phenoxy) is 3. The summed E-state index contributed by atoms with van der Waals surface area (Å²) >= 11 is 3.53. The van der Waals surface area contributed by atoms with Gasteiger partial charge in [0.05, 0.1) is 17.8 Å². The van der Waals surface area contributed by atoms with E-state index in [1.54, 1.807) is 43.7 Å². The molecule has 0 radical (unpaired) electrons. The summed E-state index contributed by atoms with van der Waals surface area (Å²) in [4.78, 5) is 12.1. The van der Waals surface area contributed by atoms with Crippen molar-refractivity contribution >= 4 is 28.1 Å². The zero-order valence-corrected chi connectivity index (χ0v) is 21.2. The number of nitrogens with zero attached hydrogens (tertiary/aromatic N) is 1. The van der Waals surface area contributed by atoms with E-state index in [-0.39, 0.29) is 5.91 Å². The van der Waals surface area contributed by atoms with Crippen LogP contribution in [-0.2, 0) is 0 Å². The van der Waals surface area contributed by atoms with E-state index in [9.17, 15) is 4.79 Å². The van der Waals surface area contributed by atoms with Gasteiger partial charge in [0.25, 0.3) is 5.91 Å². The van der Waals surface area contributed by atoms with Crippen LogP contribution in [0.15, 0.2) is 76.3 Å². The minimum absolute atomic E-state index is 0.280. The topological polar surface area (TPSA) is 69.2 Å². The number of hydrogen-bond acceptors (Lipinski definition) is 5. The maximum absolute atomic E-state index is 12.1. The fourth-order valence-electron chi connectivity index (χ4n) is 3.21. The van der Waals surface area contributed by atoms with E-state index >= 15 is 0 Å². The minimum atomic E-state index is -0.280. The van der Waals surface area contributed by atoms with E-state index in [2.05, 4.69) is 52.4 Å². The summed E-state index contributed by atoms with van der Waals surface area (Å²) in [5, 5.41) is 4.03. The van der Waals surface area contributed by atoms with Gasteiger partial charge in [-0.3, -0.25) is 4.79 Å². The molecule has 0 aliphatic heterocycles. The van der Waals surface area contributed by atoms with Crippen molar-refractivity contribution in [2.75, 3.05) is 20.3 Å². The first-order chi connectivity index (χ1) is 16.5. The van der Waals surface area contributed by atoms with Crippen LogP contribution in [0.4, 0.5) is 0 Å². The molecular weight excluding hydrogens is 496 g/mol. The summed E-state index contributed by atoms with van der Waals surface area (Å²) < 4.78 is 17.9.